The molecule has 0 radical (unpaired) electrons. The minimum atomic E-state index is -0.553. The number of hydrogen-bond donors (Lipinski definition) is 1. The van der Waals surface area contributed by atoms with Crippen LogP contribution in [0.1, 0.15) is 27.2 Å². The van der Waals surface area contributed by atoms with Gasteiger partial charge in [0.25, 0.3) is 0 Å². The number of H-pyrrole nitrogens is 1. The second-order valence-electron chi connectivity index (χ2n) is 4.70. The third kappa shape index (κ3) is 2.05. The standard InChI is InChI=1S/C16H13NO3/c1-10-8-17-15-14(10)13(7-12(18)16(15)19)20-9-11-5-3-2-4-6-11/h2-8,17H,9H2,1H3. The Morgan fingerprint density at radius 3 is 2.65 bits per heavy atom. The Kier molecular flexibility index (Phi) is 2.99. The molecule has 0 bridgehead atoms. The molecule has 20 heavy (non-hydrogen) atoms. The van der Waals surface area contributed by atoms with Gasteiger partial charge in [-0.15, -0.1) is 0 Å². The number of carbonyl (C=O) groups excluding carboxylic acids is 2. The summed E-state index contributed by atoms with van der Waals surface area (Å²) >= 11 is 0. The number of ether oxygens (including phenoxy) is 1. The highest BCUT2D eigenvalue weighted by atomic mass is 16.5. The molecule has 4 nitrogen and oxygen atoms in total. The Labute approximate surface area is 116 Å². The van der Waals surface area contributed by atoms with Crippen molar-refractivity contribution in [3.05, 3.63) is 65.0 Å². The van der Waals surface area contributed by atoms with Crippen LogP contribution < -0.4 is 0 Å². The topological polar surface area (TPSA) is 59.2 Å². The summed E-state index contributed by atoms with van der Waals surface area (Å²) in [5.41, 5.74) is 2.90. The fourth-order valence-electron chi connectivity index (χ4n) is 2.25. The van der Waals surface area contributed by atoms with Crippen molar-refractivity contribution in [2.75, 3.05) is 0 Å². The van der Waals surface area contributed by atoms with Gasteiger partial charge in [-0.25, -0.2) is 0 Å². The van der Waals surface area contributed by atoms with E-state index in [1.54, 1.807) is 6.20 Å². The maximum Gasteiger partial charge on any atom is 0.249 e. The molecule has 2 aromatic rings. The Bertz CT molecular complexity index is 711. The van der Waals surface area contributed by atoms with E-state index in [0.29, 0.717) is 23.6 Å². The van der Waals surface area contributed by atoms with Gasteiger partial charge < -0.3 is 9.72 Å². The summed E-state index contributed by atoms with van der Waals surface area (Å²) in [5, 5.41) is 0. The Balaban J connectivity index is 1.89. The van der Waals surface area contributed by atoms with E-state index in [0.717, 1.165) is 11.1 Å². The molecule has 100 valence electrons. The average molecular weight is 267 g/mol. The van der Waals surface area contributed by atoms with Gasteiger partial charge in [-0.05, 0) is 18.1 Å². The third-order valence-electron chi connectivity index (χ3n) is 3.27. The van der Waals surface area contributed by atoms with Crippen LogP contribution in [-0.4, -0.2) is 16.6 Å². The molecule has 0 spiro atoms. The number of rotatable bonds is 3. The summed E-state index contributed by atoms with van der Waals surface area (Å²) in [6.07, 6.45) is 2.98. The lowest BCUT2D eigenvalue weighted by Crippen LogP contribution is -2.19. The highest BCUT2D eigenvalue weighted by Gasteiger charge is 2.29. The van der Waals surface area contributed by atoms with Crippen molar-refractivity contribution in [3.8, 4) is 0 Å². The van der Waals surface area contributed by atoms with Crippen LogP contribution >= 0.6 is 0 Å². The van der Waals surface area contributed by atoms with Gasteiger partial charge in [0, 0.05) is 17.8 Å². The molecule has 0 aliphatic heterocycles. The zero-order valence-corrected chi connectivity index (χ0v) is 11.0. The fraction of sp³-hybridized carbons (Fsp3) is 0.125. The summed E-state index contributed by atoms with van der Waals surface area (Å²) in [6, 6.07) is 9.67. The van der Waals surface area contributed by atoms with E-state index in [9.17, 15) is 9.59 Å². The number of ketones is 2. The summed E-state index contributed by atoms with van der Waals surface area (Å²) in [4.78, 5) is 26.3. The minimum absolute atomic E-state index is 0.318. The number of fused-ring (bicyclic) bond motifs is 1. The highest BCUT2D eigenvalue weighted by molar-refractivity contribution is 6.50. The van der Waals surface area contributed by atoms with E-state index < -0.39 is 11.6 Å². The first-order valence-electron chi connectivity index (χ1n) is 6.32. The van der Waals surface area contributed by atoms with Crippen LogP contribution in [0.4, 0.5) is 0 Å². The summed E-state index contributed by atoms with van der Waals surface area (Å²) < 4.78 is 5.72. The van der Waals surface area contributed by atoms with Crippen molar-refractivity contribution in [1.82, 2.24) is 4.98 Å². The van der Waals surface area contributed by atoms with Crippen LogP contribution in [-0.2, 0) is 16.1 Å². The van der Waals surface area contributed by atoms with E-state index in [1.807, 2.05) is 37.3 Å². The number of aryl methyl sites for hydroxylation is 1. The quantitative estimate of drug-likeness (QED) is 0.870. The van der Waals surface area contributed by atoms with E-state index in [-0.39, 0.29) is 0 Å². The number of nitrogens with one attached hydrogen (secondary N) is 1. The average Bonchev–Trinajstić information content (AvgIpc) is 2.85. The van der Waals surface area contributed by atoms with Crippen LogP contribution in [0, 0.1) is 6.92 Å². The lowest BCUT2D eigenvalue weighted by molar-refractivity contribution is -0.111. The molecular formula is C16H13NO3. The van der Waals surface area contributed by atoms with E-state index >= 15 is 0 Å². The van der Waals surface area contributed by atoms with Crippen LogP contribution in [0.2, 0.25) is 0 Å². The SMILES string of the molecule is Cc1c[nH]c2c1C(OCc1ccccc1)=CC(=O)C2=O. The first-order valence-corrected chi connectivity index (χ1v) is 6.32. The third-order valence-corrected chi connectivity index (χ3v) is 3.27. The van der Waals surface area contributed by atoms with Gasteiger partial charge >= 0.3 is 0 Å². The van der Waals surface area contributed by atoms with Gasteiger partial charge in [0.15, 0.2) is 0 Å². The second-order valence-corrected chi connectivity index (χ2v) is 4.70. The van der Waals surface area contributed by atoms with Crippen LogP contribution in [0.5, 0.6) is 0 Å². The molecule has 1 aliphatic carbocycles. The second kappa shape index (κ2) is 4.81. The molecule has 4 heteroatoms. The van der Waals surface area contributed by atoms with Gasteiger partial charge in [-0.3, -0.25) is 9.59 Å². The van der Waals surface area contributed by atoms with Crippen molar-refractivity contribution in [2.24, 2.45) is 0 Å². The molecule has 3 rings (SSSR count). The van der Waals surface area contributed by atoms with E-state index in [1.165, 1.54) is 6.08 Å². The Morgan fingerprint density at radius 1 is 1.15 bits per heavy atom. The smallest absolute Gasteiger partial charge is 0.249 e. The van der Waals surface area contributed by atoms with Gasteiger partial charge in [0.2, 0.25) is 11.6 Å². The number of carbonyl (C=O) groups is 2. The predicted octanol–water partition coefficient (Wildman–Crippen LogP) is 2.65. The fourth-order valence-corrected chi connectivity index (χ4v) is 2.25. The molecule has 0 fully saturated rings. The van der Waals surface area contributed by atoms with Crippen molar-refractivity contribution >= 4 is 17.3 Å². The Morgan fingerprint density at radius 2 is 1.90 bits per heavy atom. The number of Topliss-reactive ketones (excluding diaryl/α,β-unsaturated/α-hetero) is 1. The minimum Gasteiger partial charge on any atom is -0.488 e. The molecule has 0 saturated carbocycles. The summed E-state index contributed by atoms with van der Waals surface area (Å²) in [5.74, 6) is -0.616. The molecule has 1 aromatic heterocycles. The molecule has 0 amide bonds. The maximum atomic E-state index is 11.8. The maximum absolute atomic E-state index is 11.8. The van der Waals surface area contributed by atoms with E-state index in [2.05, 4.69) is 4.98 Å². The van der Waals surface area contributed by atoms with Gasteiger partial charge in [-0.1, -0.05) is 30.3 Å². The summed E-state index contributed by atoms with van der Waals surface area (Å²) in [7, 11) is 0. The first-order chi connectivity index (χ1) is 9.66. The highest BCUT2D eigenvalue weighted by Crippen LogP contribution is 2.29. The van der Waals surface area contributed by atoms with Crippen LogP contribution in [0.25, 0.3) is 5.76 Å². The van der Waals surface area contributed by atoms with Crippen molar-refractivity contribution < 1.29 is 14.3 Å². The zero-order valence-electron chi connectivity index (χ0n) is 11.0. The first kappa shape index (κ1) is 12.4. The van der Waals surface area contributed by atoms with Gasteiger partial charge in [-0.2, -0.15) is 0 Å². The largest absolute Gasteiger partial charge is 0.488 e. The molecule has 1 aromatic carbocycles. The number of aromatic amines is 1. The molecule has 0 saturated heterocycles. The van der Waals surface area contributed by atoms with Gasteiger partial charge in [0.05, 0.1) is 0 Å². The molecule has 1 N–H and O–H groups in total. The zero-order chi connectivity index (χ0) is 14.1. The van der Waals surface area contributed by atoms with Gasteiger partial charge in [0.1, 0.15) is 18.1 Å². The molecule has 1 heterocycles. The number of benzene rings is 1. The monoisotopic (exact) mass is 267 g/mol. The normalized spacial score (nSPS) is 13.9. The van der Waals surface area contributed by atoms with Crippen molar-refractivity contribution in [1.29, 1.82) is 0 Å². The summed E-state index contributed by atoms with van der Waals surface area (Å²) in [6.45, 7) is 2.23. The number of aromatic nitrogens is 1. The molecule has 1 aliphatic rings. The molecule has 0 unspecified atom stereocenters. The Hall–Kier alpha value is -2.62. The lowest BCUT2D eigenvalue weighted by atomic mass is 9.98. The predicted molar refractivity (Wildman–Crippen MR) is 74.1 cm³/mol. The van der Waals surface area contributed by atoms with Crippen LogP contribution in [0.15, 0.2) is 42.6 Å². The van der Waals surface area contributed by atoms with E-state index in [4.69, 9.17) is 4.74 Å². The number of hydrogen-bond acceptors (Lipinski definition) is 3. The lowest BCUT2D eigenvalue weighted by Gasteiger charge is -2.15. The molecular weight excluding hydrogens is 254 g/mol. The van der Waals surface area contributed by atoms with Crippen molar-refractivity contribution in [2.45, 2.75) is 13.5 Å². The molecule has 0 atom stereocenters. The van der Waals surface area contributed by atoms with Crippen LogP contribution in [0.3, 0.4) is 0 Å². The van der Waals surface area contributed by atoms with Crippen molar-refractivity contribution in [3.63, 3.8) is 0 Å². The number of allylic oxidation sites excluding steroid dienone is 1.